The highest BCUT2D eigenvalue weighted by Gasteiger charge is 2.28. The fourth-order valence-electron chi connectivity index (χ4n) is 3.78. The largest absolute Gasteiger partial charge is 0.458 e. The zero-order valence-electron chi connectivity index (χ0n) is 18.3. The summed E-state index contributed by atoms with van der Waals surface area (Å²) in [6, 6.07) is 16.7. The summed E-state index contributed by atoms with van der Waals surface area (Å²) in [6.45, 7) is 6.88. The molecule has 1 fully saturated rings. The van der Waals surface area contributed by atoms with Crippen molar-refractivity contribution >= 4 is 17.7 Å². The predicted molar refractivity (Wildman–Crippen MR) is 124 cm³/mol. The number of nitrogens with two attached hydrogens (primary N) is 1. The topological polar surface area (TPSA) is 72.5 Å². The van der Waals surface area contributed by atoms with E-state index in [1.54, 1.807) is 30.3 Å². The minimum absolute atomic E-state index is 0.0289. The molecule has 4 heteroatoms. The maximum absolute atomic E-state index is 11.7. The molecule has 0 aromatic heterocycles. The Morgan fingerprint density at radius 3 is 2.43 bits per heavy atom. The van der Waals surface area contributed by atoms with Crippen molar-refractivity contribution in [1.82, 2.24) is 0 Å². The first kappa shape index (κ1) is 23.7. The molecule has 3 atom stereocenters. The number of hydrogen-bond acceptors (Lipinski definition) is 4. The number of ether oxygens (including phenoxy) is 1. The Morgan fingerprint density at radius 1 is 1.13 bits per heavy atom. The van der Waals surface area contributed by atoms with Gasteiger partial charge in [-0.05, 0) is 54.4 Å². The number of para-hydroxylation sites is 1. The molecule has 3 N–H and O–H groups in total. The maximum Gasteiger partial charge on any atom is 0.340 e. The predicted octanol–water partition coefficient (Wildman–Crippen LogP) is 5.58. The summed E-state index contributed by atoms with van der Waals surface area (Å²) in [5.41, 5.74) is 7.59. The molecule has 4 nitrogen and oxygen atoms in total. The molecule has 0 radical (unpaired) electrons. The van der Waals surface area contributed by atoms with E-state index in [-0.39, 0.29) is 12.7 Å². The molecule has 0 spiro atoms. The first-order valence-electron chi connectivity index (χ1n) is 10.8. The van der Waals surface area contributed by atoms with Crippen molar-refractivity contribution in [3.8, 4) is 0 Å². The number of nitrogen functional groups attached to an aromatic ring is 1. The lowest BCUT2D eigenvalue weighted by molar-refractivity contribution is 0.0265. The highest BCUT2D eigenvalue weighted by molar-refractivity contribution is 5.95. The average Bonchev–Trinajstić information content (AvgIpc) is 2.72. The van der Waals surface area contributed by atoms with Gasteiger partial charge in [0.05, 0.1) is 11.7 Å². The molecule has 0 heterocycles. The van der Waals surface area contributed by atoms with E-state index < -0.39 is 5.97 Å². The summed E-state index contributed by atoms with van der Waals surface area (Å²) < 4.78 is 5.12. The normalized spacial score (nSPS) is 21.2. The van der Waals surface area contributed by atoms with Gasteiger partial charge in [-0.3, -0.25) is 0 Å². The average molecular weight is 410 g/mol. The van der Waals surface area contributed by atoms with Crippen LogP contribution in [-0.4, -0.2) is 23.8 Å². The van der Waals surface area contributed by atoms with Crippen LogP contribution >= 0.6 is 0 Å². The Kier molecular flexibility index (Phi) is 9.62. The van der Waals surface area contributed by atoms with Crippen molar-refractivity contribution in [2.75, 3.05) is 12.3 Å². The van der Waals surface area contributed by atoms with Gasteiger partial charge in [0.25, 0.3) is 0 Å². The number of hydrogen-bond donors (Lipinski definition) is 2. The van der Waals surface area contributed by atoms with Crippen LogP contribution in [0.2, 0.25) is 0 Å². The van der Waals surface area contributed by atoms with Gasteiger partial charge < -0.3 is 15.6 Å². The van der Waals surface area contributed by atoms with E-state index in [1.165, 1.54) is 12.8 Å². The highest BCUT2D eigenvalue weighted by Crippen LogP contribution is 2.33. The van der Waals surface area contributed by atoms with Crippen LogP contribution in [0.5, 0.6) is 0 Å². The summed E-state index contributed by atoms with van der Waals surface area (Å²) >= 11 is 0. The van der Waals surface area contributed by atoms with Crippen molar-refractivity contribution < 1.29 is 14.6 Å². The van der Waals surface area contributed by atoms with Gasteiger partial charge in [0.1, 0.15) is 6.61 Å². The Bertz CT molecular complexity index is 801. The molecule has 162 valence electrons. The van der Waals surface area contributed by atoms with E-state index in [9.17, 15) is 9.90 Å². The summed E-state index contributed by atoms with van der Waals surface area (Å²) in [5.74, 6) is 1.54. The highest BCUT2D eigenvalue weighted by atomic mass is 16.5. The summed E-state index contributed by atoms with van der Waals surface area (Å²) in [6.07, 6.45) is 7.22. The van der Waals surface area contributed by atoms with Crippen LogP contribution < -0.4 is 5.73 Å². The standard InChI is InChI=1S/C16H15NO2.C10H20O/c17-15-11-5-4-10-14(15)16(18)19-12-6-9-13-7-2-1-3-8-13;1-7(2)9-5-4-8(3)6-10(9)11/h1-11H,12,17H2;7-11H,4-6H2,1-3H3. The molecular formula is C26H35NO3. The van der Waals surface area contributed by atoms with Crippen LogP contribution in [0.3, 0.4) is 0 Å². The summed E-state index contributed by atoms with van der Waals surface area (Å²) in [5, 5.41) is 9.71. The fraction of sp³-hybridized carbons (Fsp3) is 0.423. The maximum atomic E-state index is 11.7. The number of rotatable bonds is 5. The first-order chi connectivity index (χ1) is 14.4. The van der Waals surface area contributed by atoms with Crippen molar-refractivity contribution in [2.24, 2.45) is 17.8 Å². The van der Waals surface area contributed by atoms with E-state index in [0.717, 1.165) is 17.9 Å². The fourth-order valence-corrected chi connectivity index (χ4v) is 3.78. The Morgan fingerprint density at radius 2 is 1.80 bits per heavy atom. The lowest BCUT2D eigenvalue weighted by Crippen LogP contribution is -2.31. The van der Waals surface area contributed by atoms with Gasteiger partial charge >= 0.3 is 5.97 Å². The van der Waals surface area contributed by atoms with Crippen molar-refractivity contribution in [1.29, 1.82) is 0 Å². The monoisotopic (exact) mass is 409 g/mol. The summed E-state index contributed by atoms with van der Waals surface area (Å²) in [7, 11) is 0. The Labute approximate surface area is 180 Å². The molecular weight excluding hydrogens is 374 g/mol. The zero-order chi connectivity index (χ0) is 21.9. The molecule has 0 amide bonds. The van der Waals surface area contributed by atoms with Gasteiger partial charge in [0.2, 0.25) is 0 Å². The van der Waals surface area contributed by atoms with Gasteiger partial charge in [0, 0.05) is 5.69 Å². The van der Waals surface area contributed by atoms with E-state index in [2.05, 4.69) is 20.8 Å². The van der Waals surface area contributed by atoms with Gasteiger partial charge in [0.15, 0.2) is 0 Å². The molecule has 0 aliphatic heterocycles. The number of esters is 1. The van der Waals surface area contributed by atoms with Crippen LogP contribution in [-0.2, 0) is 4.74 Å². The number of anilines is 1. The van der Waals surface area contributed by atoms with Crippen LogP contribution in [0.25, 0.3) is 6.08 Å². The molecule has 3 rings (SSSR count). The van der Waals surface area contributed by atoms with E-state index >= 15 is 0 Å². The van der Waals surface area contributed by atoms with E-state index in [4.69, 9.17) is 10.5 Å². The SMILES string of the molecule is CC1CCC(C(C)C)C(O)C1.Nc1ccccc1C(=O)OCC=Cc1ccccc1. The molecule has 1 aliphatic rings. The van der Waals surface area contributed by atoms with Gasteiger partial charge in [-0.25, -0.2) is 4.79 Å². The number of aliphatic hydroxyl groups is 1. The minimum Gasteiger partial charge on any atom is -0.458 e. The second kappa shape index (κ2) is 12.2. The molecule has 2 aromatic carbocycles. The van der Waals surface area contributed by atoms with Crippen LogP contribution in [0.15, 0.2) is 60.7 Å². The van der Waals surface area contributed by atoms with Crippen LogP contribution in [0.4, 0.5) is 5.69 Å². The molecule has 2 aromatic rings. The van der Waals surface area contributed by atoms with Gasteiger partial charge in [-0.2, -0.15) is 0 Å². The molecule has 30 heavy (non-hydrogen) atoms. The Balaban J connectivity index is 0.000000248. The molecule has 0 saturated heterocycles. The summed E-state index contributed by atoms with van der Waals surface area (Å²) in [4.78, 5) is 11.7. The third-order valence-electron chi connectivity index (χ3n) is 5.59. The number of carbonyl (C=O) groups excluding carboxylic acids is 1. The molecule has 3 unspecified atom stereocenters. The van der Waals surface area contributed by atoms with Crippen LogP contribution in [0, 0.1) is 17.8 Å². The smallest absolute Gasteiger partial charge is 0.340 e. The Hall–Kier alpha value is -2.59. The lowest BCUT2D eigenvalue weighted by Gasteiger charge is -2.33. The van der Waals surface area contributed by atoms with Gasteiger partial charge in [-0.15, -0.1) is 0 Å². The minimum atomic E-state index is -0.407. The third-order valence-corrected chi connectivity index (χ3v) is 5.59. The van der Waals surface area contributed by atoms with Crippen molar-refractivity contribution in [3.63, 3.8) is 0 Å². The van der Waals surface area contributed by atoms with Crippen molar-refractivity contribution in [3.05, 3.63) is 71.8 Å². The molecule has 1 saturated carbocycles. The second-order valence-corrected chi connectivity index (χ2v) is 8.39. The second-order valence-electron chi connectivity index (χ2n) is 8.39. The number of aliphatic hydroxyl groups excluding tert-OH is 1. The zero-order valence-corrected chi connectivity index (χ0v) is 18.3. The van der Waals surface area contributed by atoms with Gasteiger partial charge in [-0.1, -0.05) is 75.7 Å². The molecule has 1 aliphatic carbocycles. The quantitative estimate of drug-likeness (QED) is 0.499. The van der Waals surface area contributed by atoms with E-state index in [0.29, 0.717) is 23.1 Å². The number of benzene rings is 2. The lowest BCUT2D eigenvalue weighted by atomic mass is 9.75. The van der Waals surface area contributed by atoms with Crippen LogP contribution in [0.1, 0.15) is 56.0 Å². The van der Waals surface area contributed by atoms with Crippen molar-refractivity contribution in [2.45, 2.75) is 46.1 Å². The first-order valence-corrected chi connectivity index (χ1v) is 10.8. The number of carbonyl (C=O) groups is 1. The molecule has 0 bridgehead atoms. The third kappa shape index (κ3) is 7.68. The van der Waals surface area contributed by atoms with E-state index in [1.807, 2.05) is 36.4 Å².